The lowest BCUT2D eigenvalue weighted by Gasteiger charge is -2.09. The van der Waals surface area contributed by atoms with Crippen molar-refractivity contribution >= 4 is 22.6 Å². The largest absolute Gasteiger partial charge is 0.294 e. The van der Waals surface area contributed by atoms with E-state index in [2.05, 4.69) is 4.98 Å². The smallest absolute Gasteiger partial charge is 0.129 e. The lowest BCUT2D eigenvalue weighted by molar-refractivity contribution is 0.627. The Morgan fingerprint density at radius 1 is 1.14 bits per heavy atom. The maximum absolute atomic E-state index is 13.3. The molecule has 0 aliphatic carbocycles. The normalized spacial score (nSPS) is 10.8. The van der Waals surface area contributed by atoms with Crippen molar-refractivity contribution in [3.63, 3.8) is 0 Å². The predicted molar refractivity (Wildman–Crippen MR) is 75.3 cm³/mol. The van der Waals surface area contributed by atoms with Crippen molar-refractivity contribution in [3.8, 4) is 11.8 Å². The van der Waals surface area contributed by atoms with Gasteiger partial charge in [0.25, 0.3) is 0 Å². The molecule has 0 N–H and O–H groups in total. The van der Waals surface area contributed by atoms with Gasteiger partial charge in [0.15, 0.2) is 0 Å². The molecule has 0 aliphatic heterocycles. The van der Waals surface area contributed by atoms with Gasteiger partial charge >= 0.3 is 0 Å². The molecular weight excluding hydrogens is 296 g/mol. The van der Waals surface area contributed by atoms with E-state index in [0.29, 0.717) is 22.5 Å². The number of imidazole rings is 1. The molecule has 0 saturated heterocycles. The fourth-order valence-corrected chi connectivity index (χ4v) is 2.43. The van der Waals surface area contributed by atoms with Gasteiger partial charge in [0.1, 0.15) is 23.5 Å². The Balaban J connectivity index is 2.37. The number of fused-ring (bicyclic) bond motifs is 1. The zero-order valence-electron chi connectivity index (χ0n) is 10.6. The maximum Gasteiger partial charge on any atom is 0.129 e. The highest BCUT2D eigenvalue weighted by Crippen LogP contribution is 2.25. The van der Waals surface area contributed by atoms with Crippen molar-refractivity contribution in [2.75, 3.05) is 0 Å². The Kier molecular flexibility index (Phi) is 3.32. The highest BCUT2D eigenvalue weighted by atomic mass is 35.5. The van der Waals surface area contributed by atoms with Gasteiger partial charge < -0.3 is 0 Å². The number of nitriles is 1. The summed E-state index contributed by atoms with van der Waals surface area (Å²) in [4.78, 5) is 4.25. The van der Waals surface area contributed by atoms with Crippen LogP contribution in [0.15, 0.2) is 36.4 Å². The first-order valence-corrected chi connectivity index (χ1v) is 6.60. The van der Waals surface area contributed by atoms with Crippen molar-refractivity contribution in [3.05, 3.63) is 59.4 Å². The summed E-state index contributed by atoms with van der Waals surface area (Å²) in [5.41, 5.74) is 1.66. The Bertz CT molecular complexity index is 880. The zero-order valence-corrected chi connectivity index (χ0v) is 11.4. The quantitative estimate of drug-likeness (QED) is 0.673. The van der Waals surface area contributed by atoms with Crippen LogP contribution in [-0.4, -0.2) is 9.55 Å². The van der Waals surface area contributed by atoms with Gasteiger partial charge in [-0.2, -0.15) is 5.26 Å². The molecule has 0 saturated carbocycles. The molecule has 1 aromatic heterocycles. The Hall–Kier alpha value is -2.45. The molecule has 0 spiro atoms. The van der Waals surface area contributed by atoms with E-state index in [4.69, 9.17) is 11.6 Å². The van der Waals surface area contributed by atoms with Crippen LogP contribution in [0.25, 0.3) is 16.7 Å². The van der Waals surface area contributed by atoms with Crippen molar-refractivity contribution < 1.29 is 8.78 Å². The summed E-state index contributed by atoms with van der Waals surface area (Å²) in [6, 6.07) is 9.96. The number of aromatic nitrogens is 2. The highest BCUT2D eigenvalue weighted by molar-refractivity contribution is 6.17. The molecule has 3 nitrogen and oxygen atoms in total. The van der Waals surface area contributed by atoms with Crippen molar-refractivity contribution in [2.45, 2.75) is 5.88 Å². The topological polar surface area (TPSA) is 41.6 Å². The zero-order chi connectivity index (χ0) is 15.0. The van der Waals surface area contributed by atoms with Crippen LogP contribution >= 0.6 is 11.6 Å². The lowest BCUT2D eigenvalue weighted by atomic mass is 10.1. The molecule has 1 heterocycles. The molecule has 0 amide bonds. The average Bonchev–Trinajstić information content (AvgIpc) is 2.84. The summed E-state index contributed by atoms with van der Waals surface area (Å²) in [5, 5.41) is 9.18. The monoisotopic (exact) mass is 303 g/mol. The second-order valence-electron chi connectivity index (χ2n) is 4.40. The van der Waals surface area contributed by atoms with Crippen LogP contribution in [0.1, 0.15) is 11.4 Å². The first kappa shape index (κ1) is 13.5. The molecule has 0 radical (unpaired) electrons. The van der Waals surface area contributed by atoms with E-state index in [1.54, 1.807) is 10.6 Å². The Labute approximate surface area is 124 Å². The minimum Gasteiger partial charge on any atom is -0.294 e. The summed E-state index contributed by atoms with van der Waals surface area (Å²) < 4.78 is 28.2. The third-order valence-electron chi connectivity index (χ3n) is 3.13. The number of rotatable bonds is 2. The summed E-state index contributed by atoms with van der Waals surface area (Å²) in [6.45, 7) is 0. The van der Waals surface area contributed by atoms with E-state index in [1.807, 2.05) is 6.07 Å². The maximum atomic E-state index is 13.3. The van der Waals surface area contributed by atoms with Crippen LogP contribution in [0.3, 0.4) is 0 Å². The van der Waals surface area contributed by atoms with Crippen LogP contribution in [-0.2, 0) is 5.88 Å². The van der Waals surface area contributed by atoms with Gasteiger partial charge in [-0.05, 0) is 30.3 Å². The highest BCUT2D eigenvalue weighted by Gasteiger charge is 2.15. The lowest BCUT2D eigenvalue weighted by Crippen LogP contribution is -2.02. The molecule has 21 heavy (non-hydrogen) atoms. The van der Waals surface area contributed by atoms with Crippen LogP contribution in [0.4, 0.5) is 8.78 Å². The number of halogens is 3. The Morgan fingerprint density at radius 2 is 1.86 bits per heavy atom. The van der Waals surface area contributed by atoms with E-state index < -0.39 is 11.6 Å². The molecule has 0 fully saturated rings. The SMILES string of the molecule is N#Cc1cc(F)ccc1-n1c(CCl)nc2cc(F)ccc21. The van der Waals surface area contributed by atoms with E-state index in [0.717, 1.165) is 6.07 Å². The van der Waals surface area contributed by atoms with Crippen LogP contribution in [0.5, 0.6) is 0 Å². The van der Waals surface area contributed by atoms with Gasteiger partial charge in [0.05, 0.1) is 28.2 Å². The van der Waals surface area contributed by atoms with E-state index >= 15 is 0 Å². The van der Waals surface area contributed by atoms with Gasteiger partial charge in [-0.25, -0.2) is 13.8 Å². The number of hydrogen-bond donors (Lipinski definition) is 0. The van der Waals surface area contributed by atoms with E-state index in [-0.39, 0.29) is 11.4 Å². The van der Waals surface area contributed by atoms with Crippen LogP contribution in [0, 0.1) is 23.0 Å². The summed E-state index contributed by atoms with van der Waals surface area (Å²) >= 11 is 5.89. The molecule has 0 aliphatic rings. The predicted octanol–water partition coefficient (Wildman–Crippen LogP) is 3.91. The second-order valence-corrected chi connectivity index (χ2v) is 4.67. The molecule has 2 aromatic carbocycles. The molecule has 0 bridgehead atoms. The van der Waals surface area contributed by atoms with Gasteiger partial charge in [-0.15, -0.1) is 11.6 Å². The third-order valence-corrected chi connectivity index (χ3v) is 3.36. The standard InChI is InChI=1S/C15H8ClF2N3/c16-7-15-20-12-6-11(18)2-4-14(12)21(15)13-3-1-10(17)5-9(13)8-19/h1-6H,7H2. The number of hydrogen-bond acceptors (Lipinski definition) is 2. The second kappa shape index (κ2) is 5.15. The molecule has 0 atom stereocenters. The first-order valence-electron chi connectivity index (χ1n) is 6.07. The third kappa shape index (κ3) is 2.24. The fraction of sp³-hybridized carbons (Fsp3) is 0.0667. The van der Waals surface area contributed by atoms with Gasteiger partial charge in [-0.1, -0.05) is 0 Å². The van der Waals surface area contributed by atoms with Gasteiger partial charge in [0, 0.05) is 6.07 Å². The molecule has 3 rings (SSSR count). The summed E-state index contributed by atoms with van der Waals surface area (Å²) in [7, 11) is 0. The van der Waals surface area contributed by atoms with Crippen molar-refractivity contribution in [2.24, 2.45) is 0 Å². The molecule has 6 heteroatoms. The van der Waals surface area contributed by atoms with Gasteiger partial charge in [0.2, 0.25) is 0 Å². The van der Waals surface area contributed by atoms with E-state index in [1.165, 1.54) is 24.3 Å². The fourth-order valence-electron chi connectivity index (χ4n) is 2.25. The van der Waals surface area contributed by atoms with Crippen molar-refractivity contribution in [1.82, 2.24) is 9.55 Å². The summed E-state index contributed by atoms with van der Waals surface area (Å²) in [5.74, 6) is -0.370. The number of nitrogens with zero attached hydrogens (tertiary/aromatic N) is 3. The first-order chi connectivity index (χ1) is 10.1. The van der Waals surface area contributed by atoms with Crippen LogP contribution < -0.4 is 0 Å². The molecular formula is C15H8ClF2N3. The van der Waals surface area contributed by atoms with Gasteiger partial charge in [-0.3, -0.25) is 4.57 Å². The average molecular weight is 304 g/mol. The summed E-state index contributed by atoms with van der Waals surface area (Å²) in [6.07, 6.45) is 0. The minimum atomic E-state index is -0.502. The van der Waals surface area contributed by atoms with Crippen molar-refractivity contribution in [1.29, 1.82) is 5.26 Å². The molecule has 104 valence electrons. The Morgan fingerprint density at radius 3 is 2.57 bits per heavy atom. The van der Waals surface area contributed by atoms with Crippen LogP contribution in [0.2, 0.25) is 0 Å². The number of benzene rings is 2. The van der Waals surface area contributed by atoms with E-state index in [9.17, 15) is 14.0 Å². The minimum absolute atomic E-state index is 0.0819. The molecule has 3 aromatic rings. The molecule has 0 unspecified atom stereocenters. The number of alkyl halides is 1.